The Morgan fingerprint density at radius 2 is 2.09 bits per heavy atom. The normalized spacial score (nSPS) is 19.7. The van der Waals surface area contributed by atoms with Gasteiger partial charge in [-0.15, -0.1) is 12.4 Å². The van der Waals surface area contributed by atoms with Crippen LogP contribution in [-0.4, -0.2) is 24.9 Å². The average Bonchev–Trinajstić information content (AvgIpc) is 3.01. The topological polar surface area (TPSA) is 84.2 Å². The third-order valence-corrected chi connectivity index (χ3v) is 4.23. The Morgan fingerprint density at radius 3 is 2.78 bits per heavy atom. The van der Waals surface area contributed by atoms with E-state index >= 15 is 0 Å². The number of nitrogens with one attached hydrogen (secondary N) is 2. The number of hydrogen-bond donors (Lipinski definition) is 3. The van der Waals surface area contributed by atoms with Crippen LogP contribution in [0.3, 0.4) is 0 Å². The minimum atomic E-state index is -0.112. The van der Waals surface area contributed by atoms with Crippen molar-refractivity contribution in [2.75, 3.05) is 18.4 Å². The molecule has 0 unspecified atom stereocenters. The van der Waals surface area contributed by atoms with Crippen molar-refractivity contribution >= 4 is 29.9 Å². The largest absolute Gasteiger partial charge is 0.352 e. The summed E-state index contributed by atoms with van der Waals surface area (Å²) in [5, 5.41) is 5.76. The van der Waals surface area contributed by atoms with Crippen molar-refractivity contribution < 1.29 is 9.59 Å². The van der Waals surface area contributed by atoms with E-state index in [4.69, 9.17) is 5.73 Å². The first-order valence-electron chi connectivity index (χ1n) is 8.05. The number of amides is 2. The molecule has 1 aliphatic rings. The lowest BCUT2D eigenvalue weighted by Gasteiger charge is -2.17. The predicted octanol–water partition coefficient (Wildman–Crippen LogP) is 2.56. The molecule has 0 spiro atoms. The molecule has 23 heavy (non-hydrogen) atoms. The highest BCUT2D eigenvalue weighted by atomic mass is 35.5. The molecule has 0 aliphatic heterocycles. The number of rotatable bonds is 6. The van der Waals surface area contributed by atoms with E-state index in [1.807, 2.05) is 6.92 Å². The van der Waals surface area contributed by atoms with Crippen LogP contribution in [0, 0.1) is 11.8 Å². The summed E-state index contributed by atoms with van der Waals surface area (Å²) in [6.45, 7) is 3.21. The van der Waals surface area contributed by atoms with Gasteiger partial charge in [0.2, 0.25) is 5.91 Å². The standard InChI is InChI=1S/C17H25N3O2.ClH/c1-2-9-19-16(21)12-5-3-7-14(10-12)20-17(22)15-8-4-6-13(15)11-18;/h3,5,7,10,13,15H,2,4,6,8-9,11,18H2,1H3,(H,19,21)(H,20,22);1H/t13-,15-;/m1./s1. The van der Waals surface area contributed by atoms with Crippen molar-refractivity contribution in [2.24, 2.45) is 17.6 Å². The van der Waals surface area contributed by atoms with E-state index < -0.39 is 0 Å². The molecule has 1 aliphatic carbocycles. The molecule has 0 aromatic heterocycles. The molecule has 4 N–H and O–H groups in total. The summed E-state index contributed by atoms with van der Waals surface area (Å²) in [5.41, 5.74) is 6.96. The van der Waals surface area contributed by atoms with Crippen molar-refractivity contribution in [3.8, 4) is 0 Å². The lowest BCUT2D eigenvalue weighted by Crippen LogP contribution is -2.30. The van der Waals surface area contributed by atoms with E-state index in [9.17, 15) is 9.59 Å². The van der Waals surface area contributed by atoms with Crippen molar-refractivity contribution in [1.82, 2.24) is 5.32 Å². The third kappa shape index (κ3) is 5.22. The molecular formula is C17H26ClN3O2. The number of hydrogen-bond acceptors (Lipinski definition) is 3. The van der Waals surface area contributed by atoms with Crippen LogP contribution in [0.15, 0.2) is 24.3 Å². The number of halogens is 1. The zero-order valence-corrected chi connectivity index (χ0v) is 14.3. The van der Waals surface area contributed by atoms with E-state index in [-0.39, 0.29) is 36.1 Å². The molecule has 1 aromatic carbocycles. The van der Waals surface area contributed by atoms with Gasteiger partial charge in [-0.1, -0.05) is 19.4 Å². The number of benzene rings is 1. The zero-order chi connectivity index (χ0) is 15.9. The van der Waals surface area contributed by atoms with E-state index in [2.05, 4.69) is 10.6 Å². The maximum Gasteiger partial charge on any atom is 0.251 e. The maximum absolute atomic E-state index is 12.4. The Bertz CT molecular complexity index is 536. The molecule has 0 bridgehead atoms. The van der Waals surface area contributed by atoms with Crippen molar-refractivity contribution in [3.05, 3.63) is 29.8 Å². The van der Waals surface area contributed by atoms with Crippen LogP contribution in [0.25, 0.3) is 0 Å². The van der Waals surface area contributed by atoms with Crippen LogP contribution in [0.5, 0.6) is 0 Å². The monoisotopic (exact) mass is 339 g/mol. The fraction of sp³-hybridized carbons (Fsp3) is 0.529. The summed E-state index contributed by atoms with van der Waals surface area (Å²) < 4.78 is 0. The van der Waals surface area contributed by atoms with Gasteiger partial charge in [-0.3, -0.25) is 9.59 Å². The Labute approximate surface area is 143 Å². The maximum atomic E-state index is 12.4. The predicted molar refractivity (Wildman–Crippen MR) is 94.8 cm³/mol. The van der Waals surface area contributed by atoms with Crippen LogP contribution in [0.1, 0.15) is 43.0 Å². The molecule has 1 aromatic rings. The van der Waals surface area contributed by atoms with E-state index in [1.54, 1.807) is 24.3 Å². The fourth-order valence-corrected chi connectivity index (χ4v) is 2.98. The van der Waals surface area contributed by atoms with Crippen LogP contribution >= 0.6 is 12.4 Å². The highest BCUT2D eigenvalue weighted by Gasteiger charge is 2.31. The van der Waals surface area contributed by atoms with Crippen LogP contribution < -0.4 is 16.4 Å². The Morgan fingerprint density at radius 1 is 1.30 bits per heavy atom. The molecule has 1 fully saturated rings. The highest BCUT2D eigenvalue weighted by molar-refractivity contribution is 5.97. The molecule has 2 rings (SSSR count). The number of carbonyl (C=O) groups excluding carboxylic acids is 2. The molecule has 0 heterocycles. The summed E-state index contributed by atoms with van der Waals surface area (Å²) in [5.74, 6) is 0.163. The molecular weight excluding hydrogens is 314 g/mol. The van der Waals surface area contributed by atoms with Gasteiger partial charge in [0.15, 0.2) is 0 Å². The average molecular weight is 340 g/mol. The summed E-state index contributed by atoms with van der Waals surface area (Å²) >= 11 is 0. The molecule has 6 heteroatoms. The van der Waals surface area contributed by atoms with Gasteiger partial charge in [-0.05, 0) is 49.9 Å². The van der Waals surface area contributed by atoms with Crippen LogP contribution in [0.2, 0.25) is 0 Å². The molecule has 0 saturated heterocycles. The number of anilines is 1. The van der Waals surface area contributed by atoms with Crippen molar-refractivity contribution in [1.29, 1.82) is 0 Å². The summed E-state index contributed by atoms with van der Waals surface area (Å²) in [7, 11) is 0. The Kier molecular flexibility index (Phi) is 8.06. The van der Waals surface area contributed by atoms with E-state index in [0.29, 0.717) is 24.3 Å². The molecule has 1 saturated carbocycles. The van der Waals surface area contributed by atoms with Gasteiger partial charge in [0.1, 0.15) is 0 Å². The van der Waals surface area contributed by atoms with Gasteiger partial charge < -0.3 is 16.4 Å². The fourth-order valence-electron chi connectivity index (χ4n) is 2.98. The first-order chi connectivity index (χ1) is 10.7. The van der Waals surface area contributed by atoms with E-state index in [0.717, 1.165) is 25.7 Å². The molecule has 0 radical (unpaired) electrons. The second kappa shape index (κ2) is 9.53. The quantitative estimate of drug-likeness (QED) is 0.744. The van der Waals surface area contributed by atoms with Gasteiger partial charge in [0, 0.05) is 23.7 Å². The lowest BCUT2D eigenvalue weighted by atomic mass is 9.95. The van der Waals surface area contributed by atoms with Gasteiger partial charge in [-0.2, -0.15) is 0 Å². The summed E-state index contributed by atoms with van der Waals surface area (Å²) in [6.07, 6.45) is 3.86. The molecule has 2 atom stereocenters. The summed E-state index contributed by atoms with van der Waals surface area (Å²) in [6, 6.07) is 7.06. The van der Waals surface area contributed by atoms with Crippen molar-refractivity contribution in [3.63, 3.8) is 0 Å². The second-order valence-electron chi connectivity index (χ2n) is 5.86. The highest BCUT2D eigenvalue weighted by Crippen LogP contribution is 2.31. The second-order valence-corrected chi connectivity index (χ2v) is 5.86. The smallest absolute Gasteiger partial charge is 0.251 e. The first-order valence-corrected chi connectivity index (χ1v) is 8.05. The van der Waals surface area contributed by atoms with Gasteiger partial charge in [0.25, 0.3) is 5.91 Å². The lowest BCUT2D eigenvalue weighted by molar-refractivity contribution is -0.120. The Hall–Kier alpha value is -1.59. The van der Waals surface area contributed by atoms with Crippen LogP contribution in [0.4, 0.5) is 5.69 Å². The van der Waals surface area contributed by atoms with Gasteiger partial charge in [0.05, 0.1) is 0 Å². The Balaban J connectivity index is 0.00000264. The molecule has 2 amide bonds. The zero-order valence-electron chi connectivity index (χ0n) is 13.5. The molecule has 128 valence electrons. The van der Waals surface area contributed by atoms with Crippen molar-refractivity contribution in [2.45, 2.75) is 32.6 Å². The van der Waals surface area contributed by atoms with Gasteiger partial charge >= 0.3 is 0 Å². The number of nitrogens with two attached hydrogens (primary N) is 1. The first kappa shape index (κ1) is 19.5. The minimum absolute atomic E-state index is 0. The molecule has 5 nitrogen and oxygen atoms in total. The third-order valence-electron chi connectivity index (χ3n) is 4.23. The van der Waals surface area contributed by atoms with E-state index in [1.165, 1.54) is 0 Å². The summed E-state index contributed by atoms with van der Waals surface area (Å²) in [4.78, 5) is 24.3. The van der Waals surface area contributed by atoms with Gasteiger partial charge in [-0.25, -0.2) is 0 Å². The minimum Gasteiger partial charge on any atom is -0.352 e. The number of carbonyl (C=O) groups is 2. The van der Waals surface area contributed by atoms with Crippen LogP contribution in [-0.2, 0) is 4.79 Å². The SMILES string of the molecule is CCCNC(=O)c1cccc(NC(=O)[C@@H]2CCC[C@@H]2CN)c1.Cl.